The molecule has 1 aromatic carbocycles. The molecule has 1 atom stereocenters. The van der Waals surface area contributed by atoms with Gasteiger partial charge in [0, 0.05) is 12.0 Å². The predicted octanol–water partition coefficient (Wildman–Crippen LogP) is 0.663. The highest BCUT2D eigenvalue weighted by molar-refractivity contribution is 5.96. The second kappa shape index (κ2) is 6.25. The van der Waals surface area contributed by atoms with Crippen LogP contribution in [0.1, 0.15) is 23.7 Å². The van der Waals surface area contributed by atoms with E-state index in [1.54, 1.807) is 24.3 Å². The molecular weight excluding hydrogens is 276 g/mol. The lowest BCUT2D eigenvalue weighted by Crippen LogP contribution is -2.43. The normalized spacial score (nSPS) is 17.7. The molecule has 7 nitrogen and oxygen atoms in total. The Kier molecular flexibility index (Phi) is 4.42. The lowest BCUT2D eigenvalue weighted by Gasteiger charge is -2.17. The Bertz CT molecular complexity index is 555. The van der Waals surface area contributed by atoms with Crippen molar-refractivity contribution >= 4 is 17.8 Å². The molecular formula is C14H16N2O5. The van der Waals surface area contributed by atoms with Crippen molar-refractivity contribution in [3.05, 3.63) is 29.8 Å². The van der Waals surface area contributed by atoms with Crippen molar-refractivity contribution in [2.24, 2.45) is 5.92 Å². The molecule has 2 rings (SSSR count). The summed E-state index contributed by atoms with van der Waals surface area (Å²) in [6.45, 7) is 2.37. The summed E-state index contributed by atoms with van der Waals surface area (Å²) < 4.78 is 5.27. The maximum absolute atomic E-state index is 12.0. The molecule has 0 aliphatic carbocycles. The highest BCUT2D eigenvalue weighted by Gasteiger charge is 2.35. The zero-order valence-corrected chi connectivity index (χ0v) is 11.5. The van der Waals surface area contributed by atoms with E-state index in [4.69, 9.17) is 9.84 Å². The second-order valence-electron chi connectivity index (χ2n) is 4.64. The Morgan fingerprint density at radius 1 is 1.38 bits per heavy atom. The van der Waals surface area contributed by atoms with Crippen LogP contribution in [-0.4, -0.2) is 41.1 Å². The van der Waals surface area contributed by atoms with Crippen LogP contribution in [0.3, 0.4) is 0 Å². The molecule has 1 aromatic rings. The molecule has 7 heteroatoms. The summed E-state index contributed by atoms with van der Waals surface area (Å²) in [6.07, 6.45) is -0.0983. The van der Waals surface area contributed by atoms with E-state index in [9.17, 15) is 14.4 Å². The Labute approximate surface area is 121 Å². The molecule has 112 valence electrons. The first-order valence-corrected chi connectivity index (χ1v) is 6.58. The van der Waals surface area contributed by atoms with Gasteiger partial charge < -0.3 is 9.84 Å². The molecule has 0 saturated carbocycles. The molecule has 1 saturated heterocycles. The summed E-state index contributed by atoms with van der Waals surface area (Å²) in [5.74, 6) is -2.03. The SMILES string of the molecule is CCOc1ccc(C(=O)NN2C[C@H](C(=O)O)CC2=O)cc1. The number of nitrogens with zero attached hydrogens (tertiary/aromatic N) is 1. The smallest absolute Gasteiger partial charge is 0.308 e. The van der Waals surface area contributed by atoms with Crippen LogP contribution in [-0.2, 0) is 9.59 Å². The van der Waals surface area contributed by atoms with Crippen LogP contribution in [0.25, 0.3) is 0 Å². The van der Waals surface area contributed by atoms with Gasteiger partial charge in [-0.25, -0.2) is 0 Å². The third-order valence-corrected chi connectivity index (χ3v) is 3.14. The number of hydrogen-bond donors (Lipinski definition) is 2. The van der Waals surface area contributed by atoms with Crippen LogP contribution in [0.15, 0.2) is 24.3 Å². The summed E-state index contributed by atoms with van der Waals surface area (Å²) >= 11 is 0. The number of carbonyl (C=O) groups is 3. The maximum Gasteiger partial charge on any atom is 0.308 e. The average molecular weight is 292 g/mol. The molecule has 1 aliphatic rings. The lowest BCUT2D eigenvalue weighted by molar-refractivity contribution is -0.141. The van der Waals surface area contributed by atoms with Crippen LogP contribution in [0.4, 0.5) is 0 Å². The Hall–Kier alpha value is -2.57. The summed E-state index contributed by atoms with van der Waals surface area (Å²) in [4.78, 5) is 34.5. The fourth-order valence-corrected chi connectivity index (χ4v) is 2.04. The second-order valence-corrected chi connectivity index (χ2v) is 4.64. The number of carboxylic acid groups (broad SMARTS) is 1. The van der Waals surface area contributed by atoms with E-state index >= 15 is 0 Å². The van der Waals surface area contributed by atoms with E-state index < -0.39 is 23.7 Å². The van der Waals surface area contributed by atoms with Gasteiger partial charge in [-0.3, -0.25) is 24.8 Å². The van der Waals surface area contributed by atoms with Gasteiger partial charge in [0.15, 0.2) is 0 Å². The van der Waals surface area contributed by atoms with Gasteiger partial charge in [-0.1, -0.05) is 0 Å². The monoisotopic (exact) mass is 292 g/mol. The Morgan fingerprint density at radius 3 is 2.57 bits per heavy atom. The first kappa shape index (κ1) is 14.8. The van der Waals surface area contributed by atoms with Crippen molar-refractivity contribution in [1.29, 1.82) is 0 Å². The first-order chi connectivity index (χ1) is 10.0. The molecule has 1 aliphatic heterocycles. The maximum atomic E-state index is 12.0. The molecule has 0 bridgehead atoms. The topological polar surface area (TPSA) is 95.9 Å². The molecule has 0 radical (unpaired) electrons. The molecule has 0 spiro atoms. The van der Waals surface area contributed by atoms with Gasteiger partial charge in [0.25, 0.3) is 5.91 Å². The van der Waals surface area contributed by atoms with Crippen molar-refractivity contribution in [2.45, 2.75) is 13.3 Å². The average Bonchev–Trinajstić information content (AvgIpc) is 2.81. The van der Waals surface area contributed by atoms with E-state index in [-0.39, 0.29) is 13.0 Å². The number of amides is 2. The van der Waals surface area contributed by atoms with E-state index in [2.05, 4.69) is 5.43 Å². The number of carbonyl (C=O) groups excluding carboxylic acids is 2. The fourth-order valence-electron chi connectivity index (χ4n) is 2.04. The third-order valence-electron chi connectivity index (χ3n) is 3.14. The zero-order chi connectivity index (χ0) is 15.4. The molecule has 2 N–H and O–H groups in total. The standard InChI is InChI=1S/C14H16N2O5/c1-2-21-11-5-3-9(4-6-11)13(18)15-16-8-10(14(19)20)7-12(16)17/h3-6,10H,2,7-8H2,1H3,(H,15,18)(H,19,20)/t10-/m1/s1. The van der Waals surface area contributed by atoms with Crippen LogP contribution >= 0.6 is 0 Å². The van der Waals surface area contributed by atoms with E-state index in [0.29, 0.717) is 17.9 Å². The fraction of sp³-hybridized carbons (Fsp3) is 0.357. The van der Waals surface area contributed by atoms with Gasteiger partial charge in [-0.2, -0.15) is 0 Å². The van der Waals surface area contributed by atoms with Crippen LogP contribution in [0.5, 0.6) is 5.75 Å². The van der Waals surface area contributed by atoms with Gasteiger partial charge >= 0.3 is 5.97 Å². The van der Waals surface area contributed by atoms with E-state index in [1.807, 2.05) is 6.92 Å². The molecule has 0 unspecified atom stereocenters. The highest BCUT2D eigenvalue weighted by atomic mass is 16.5. The lowest BCUT2D eigenvalue weighted by atomic mass is 10.1. The van der Waals surface area contributed by atoms with Crippen molar-refractivity contribution in [1.82, 2.24) is 10.4 Å². The number of nitrogens with one attached hydrogen (secondary N) is 1. The zero-order valence-electron chi connectivity index (χ0n) is 11.5. The third kappa shape index (κ3) is 3.50. The molecule has 21 heavy (non-hydrogen) atoms. The number of hydrogen-bond acceptors (Lipinski definition) is 4. The number of benzene rings is 1. The van der Waals surface area contributed by atoms with Crippen molar-refractivity contribution in [2.75, 3.05) is 13.2 Å². The van der Waals surface area contributed by atoms with Crippen LogP contribution < -0.4 is 10.2 Å². The van der Waals surface area contributed by atoms with E-state index in [1.165, 1.54) is 0 Å². The first-order valence-electron chi connectivity index (χ1n) is 6.58. The summed E-state index contributed by atoms with van der Waals surface area (Å²) in [7, 11) is 0. The van der Waals surface area contributed by atoms with Crippen LogP contribution in [0.2, 0.25) is 0 Å². The van der Waals surface area contributed by atoms with Crippen molar-refractivity contribution in [3.63, 3.8) is 0 Å². The molecule has 2 amide bonds. The van der Waals surface area contributed by atoms with Gasteiger partial charge in [0.2, 0.25) is 5.91 Å². The number of hydrazine groups is 1. The minimum absolute atomic E-state index is 0.0169. The predicted molar refractivity (Wildman–Crippen MR) is 72.5 cm³/mol. The summed E-state index contributed by atoms with van der Waals surface area (Å²) in [6, 6.07) is 6.47. The number of ether oxygens (including phenoxy) is 1. The Balaban J connectivity index is 1.98. The summed E-state index contributed by atoms with van der Waals surface area (Å²) in [5.41, 5.74) is 2.79. The molecule has 1 fully saturated rings. The molecule has 0 aromatic heterocycles. The largest absolute Gasteiger partial charge is 0.494 e. The van der Waals surface area contributed by atoms with Gasteiger partial charge in [-0.15, -0.1) is 0 Å². The number of aliphatic carboxylic acids is 1. The quantitative estimate of drug-likeness (QED) is 0.831. The van der Waals surface area contributed by atoms with Gasteiger partial charge in [-0.05, 0) is 31.2 Å². The van der Waals surface area contributed by atoms with Crippen LogP contribution in [0, 0.1) is 5.92 Å². The van der Waals surface area contributed by atoms with Crippen molar-refractivity contribution < 1.29 is 24.2 Å². The number of rotatable bonds is 5. The molecule has 1 heterocycles. The highest BCUT2D eigenvalue weighted by Crippen LogP contribution is 2.17. The minimum Gasteiger partial charge on any atom is -0.494 e. The summed E-state index contributed by atoms with van der Waals surface area (Å²) in [5, 5.41) is 9.93. The minimum atomic E-state index is -1.04. The van der Waals surface area contributed by atoms with Crippen molar-refractivity contribution in [3.8, 4) is 5.75 Å². The van der Waals surface area contributed by atoms with E-state index in [0.717, 1.165) is 5.01 Å². The van der Waals surface area contributed by atoms with Gasteiger partial charge in [0.1, 0.15) is 5.75 Å². The number of carboxylic acids is 1. The Morgan fingerprint density at radius 2 is 2.05 bits per heavy atom. The van der Waals surface area contributed by atoms with Gasteiger partial charge in [0.05, 0.1) is 19.1 Å².